The molecule has 0 aliphatic heterocycles. The van der Waals surface area contributed by atoms with Crippen LogP contribution in [0.25, 0.3) is 5.57 Å². The van der Waals surface area contributed by atoms with Crippen LogP contribution in [0.5, 0.6) is 0 Å². The molecule has 0 spiro atoms. The van der Waals surface area contributed by atoms with Crippen LogP contribution in [0.1, 0.15) is 29.8 Å². The Kier molecular flexibility index (Phi) is 4.67. The van der Waals surface area contributed by atoms with Crippen LogP contribution in [0, 0.1) is 0 Å². The van der Waals surface area contributed by atoms with Gasteiger partial charge in [0.25, 0.3) is 0 Å². The zero-order valence-corrected chi connectivity index (χ0v) is 12.1. The zero-order chi connectivity index (χ0) is 15.2. The van der Waals surface area contributed by atoms with Crippen molar-refractivity contribution in [1.29, 1.82) is 0 Å². The van der Waals surface area contributed by atoms with Crippen LogP contribution in [-0.4, -0.2) is 11.6 Å². The van der Waals surface area contributed by atoms with E-state index in [1.165, 1.54) is 6.92 Å². The van der Waals surface area contributed by atoms with Gasteiger partial charge in [-0.05, 0) is 43.7 Å². The van der Waals surface area contributed by atoms with Crippen LogP contribution in [-0.2, 0) is 4.79 Å². The summed E-state index contributed by atoms with van der Waals surface area (Å²) in [5.41, 5.74) is 2.98. The summed E-state index contributed by atoms with van der Waals surface area (Å²) in [6.07, 6.45) is 1.69. The van der Waals surface area contributed by atoms with Gasteiger partial charge in [0.15, 0.2) is 11.6 Å². The third kappa shape index (κ3) is 3.89. The summed E-state index contributed by atoms with van der Waals surface area (Å²) >= 11 is 0. The van der Waals surface area contributed by atoms with Gasteiger partial charge in [-0.1, -0.05) is 30.3 Å². The van der Waals surface area contributed by atoms with E-state index in [1.54, 1.807) is 25.3 Å². The molecule has 0 amide bonds. The second kappa shape index (κ2) is 6.66. The summed E-state index contributed by atoms with van der Waals surface area (Å²) in [5, 5.41) is 3.10. The molecule has 0 atom stereocenters. The summed E-state index contributed by atoms with van der Waals surface area (Å²) in [6.45, 7) is 3.07. The molecule has 106 valence electrons. The van der Waals surface area contributed by atoms with Gasteiger partial charge in [-0.25, -0.2) is 0 Å². The summed E-state index contributed by atoms with van der Waals surface area (Å²) in [4.78, 5) is 23.0. The Morgan fingerprint density at radius 1 is 0.857 bits per heavy atom. The molecule has 0 fully saturated rings. The second-order valence-corrected chi connectivity index (χ2v) is 4.76. The van der Waals surface area contributed by atoms with Crippen molar-refractivity contribution in [2.75, 3.05) is 5.32 Å². The van der Waals surface area contributed by atoms with Gasteiger partial charge in [0.1, 0.15) is 0 Å². The van der Waals surface area contributed by atoms with Gasteiger partial charge in [0.05, 0.1) is 0 Å². The van der Waals surface area contributed by atoms with Gasteiger partial charge >= 0.3 is 0 Å². The van der Waals surface area contributed by atoms with Crippen molar-refractivity contribution >= 4 is 22.8 Å². The molecule has 0 aliphatic carbocycles. The number of carbonyl (C=O) groups excluding carboxylic acids is 2. The molecule has 3 nitrogen and oxygen atoms in total. The van der Waals surface area contributed by atoms with E-state index in [0.717, 1.165) is 11.3 Å². The Bertz CT molecular complexity index is 670. The Morgan fingerprint density at radius 3 is 2.00 bits per heavy atom. The lowest BCUT2D eigenvalue weighted by molar-refractivity contribution is -0.111. The highest BCUT2D eigenvalue weighted by Gasteiger charge is 2.06. The first-order valence-corrected chi connectivity index (χ1v) is 6.72. The Labute approximate surface area is 124 Å². The lowest BCUT2D eigenvalue weighted by Crippen LogP contribution is -2.00. The molecule has 0 saturated heterocycles. The monoisotopic (exact) mass is 279 g/mol. The van der Waals surface area contributed by atoms with Gasteiger partial charge in [-0.2, -0.15) is 0 Å². The van der Waals surface area contributed by atoms with Crippen LogP contribution in [0.2, 0.25) is 0 Å². The van der Waals surface area contributed by atoms with Gasteiger partial charge in [-0.15, -0.1) is 0 Å². The van der Waals surface area contributed by atoms with Crippen LogP contribution in [0.4, 0.5) is 5.69 Å². The molecule has 2 aromatic carbocycles. The van der Waals surface area contributed by atoms with Gasteiger partial charge < -0.3 is 5.32 Å². The average molecular weight is 279 g/mol. The molecule has 0 radical (unpaired) electrons. The van der Waals surface area contributed by atoms with Crippen molar-refractivity contribution < 1.29 is 9.59 Å². The molecule has 2 rings (SSSR count). The van der Waals surface area contributed by atoms with Gasteiger partial charge in [0, 0.05) is 23.0 Å². The minimum Gasteiger partial charge on any atom is -0.361 e. The Hall–Kier alpha value is -2.68. The van der Waals surface area contributed by atoms with E-state index in [-0.39, 0.29) is 11.6 Å². The number of carbonyl (C=O) groups is 2. The summed E-state index contributed by atoms with van der Waals surface area (Å²) in [6, 6.07) is 16.6. The lowest BCUT2D eigenvalue weighted by atomic mass is 10.0. The summed E-state index contributed by atoms with van der Waals surface area (Å²) in [7, 11) is 0. The van der Waals surface area contributed by atoms with E-state index >= 15 is 0 Å². The minimum atomic E-state index is -0.00550. The number of hydrogen-bond donors (Lipinski definition) is 1. The predicted molar refractivity (Wildman–Crippen MR) is 85.2 cm³/mol. The zero-order valence-electron chi connectivity index (χ0n) is 12.1. The number of anilines is 1. The first kappa shape index (κ1) is 14.7. The molecule has 0 unspecified atom stereocenters. The summed E-state index contributed by atoms with van der Waals surface area (Å²) in [5.74, 6) is 0.0276. The van der Waals surface area contributed by atoms with E-state index < -0.39 is 0 Å². The highest BCUT2D eigenvalue weighted by molar-refractivity contribution is 6.19. The maximum atomic E-state index is 11.8. The minimum absolute atomic E-state index is 0.00550. The van der Waals surface area contributed by atoms with Crippen molar-refractivity contribution in [3.05, 3.63) is 71.9 Å². The fraction of sp³-hybridized carbons (Fsp3) is 0.111. The van der Waals surface area contributed by atoms with Crippen LogP contribution < -0.4 is 5.32 Å². The quantitative estimate of drug-likeness (QED) is 0.666. The number of allylic oxidation sites excluding steroid dienone is 1. The maximum Gasteiger partial charge on any atom is 0.161 e. The van der Waals surface area contributed by atoms with Crippen LogP contribution in [0.3, 0.4) is 0 Å². The maximum absolute atomic E-state index is 11.8. The first-order valence-electron chi connectivity index (χ1n) is 6.72. The summed E-state index contributed by atoms with van der Waals surface area (Å²) < 4.78 is 0. The number of hydrogen-bond acceptors (Lipinski definition) is 3. The SMILES string of the molecule is CC(=O)/C(=C/Nc1ccc(C(C)=O)cc1)c1ccccc1. The van der Waals surface area contributed by atoms with Crippen LogP contribution in [0.15, 0.2) is 60.8 Å². The number of Topliss-reactive ketones (excluding diaryl/α,β-unsaturated/α-hetero) is 2. The third-order valence-corrected chi connectivity index (χ3v) is 3.14. The van der Waals surface area contributed by atoms with E-state index in [1.807, 2.05) is 42.5 Å². The Balaban J connectivity index is 2.21. The fourth-order valence-corrected chi connectivity index (χ4v) is 1.96. The van der Waals surface area contributed by atoms with Crippen molar-refractivity contribution in [3.8, 4) is 0 Å². The van der Waals surface area contributed by atoms with Crippen molar-refractivity contribution in [2.45, 2.75) is 13.8 Å². The van der Waals surface area contributed by atoms with E-state index in [0.29, 0.717) is 11.1 Å². The fourth-order valence-electron chi connectivity index (χ4n) is 1.96. The highest BCUT2D eigenvalue weighted by atomic mass is 16.1. The van der Waals surface area contributed by atoms with E-state index in [9.17, 15) is 9.59 Å². The van der Waals surface area contributed by atoms with Crippen LogP contribution >= 0.6 is 0 Å². The van der Waals surface area contributed by atoms with Crippen molar-refractivity contribution in [1.82, 2.24) is 0 Å². The molecule has 0 heterocycles. The molecule has 2 aromatic rings. The predicted octanol–water partition coefficient (Wildman–Crippen LogP) is 3.93. The molecular formula is C18H17NO2. The van der Waals surface area contributed by atoms with Crippen molar-refractivity contribution in [2.24, 2.45) is 0 Å². The number of rotatable bonds is 5. The van der Waals surface area contributed by atoms with E-state index in [4.69, 9.17) is 0 Å². The lowest BCUT2D eigenvalue weighted by Gasteiger charge is -2.06. The number of nitrogens with one attached hydrogen (secondary N) is 1. The standard InChI is InChI=1S/C18H17NO2/c1-13(20)15-8-10-17(11-9-15)19-12-18(14(2)21)16-6-4-3-5-7-16/h3-12,19H,1-2H3/b18-12-. The molecule has 3 heteroatoms. The van der Waals surface area contributed by atoms with Gasteiger partial charge in [0.2, 0.25) is 0 Å². The highest BCUT2D eigenvalue weighted by Crippen LogP contribution is 2.16. The number of ketones is 2. The topological polar surface area (TPSA) is 46.2 Å². The smallest absolute Gasteiger partial charge is 0.161 e. The molecule has 21 heavy (non-hydrogen) atoms. The molecular weight excluding hydrogens is 262 g/mol. The largest absolute Gasteiger partial charge is 0.361 e. The molecule has 0 bridgehead atoms. The normalized spacial score (nSPS) is 11.0. The second-order valence-electron chi connectivity index (χ2n) is 4.76. The molecule has 0 saturated carbocycles. The first-order chi connectivity index (χ1) is 10.1. The van der Waals surface area contributed by atoms with Crippen molar-refractivity contribution in [3.63, 3.8) is 0 Å². The average Bonchev–Trinajstić information content (AvgIpc) is 2.48. The molecule has 0 aromatic heterocycles. The third-order valence-electron chi connectivity index (χ3n) is 3.14. The molecule has 0 aliphatic rings. The van der Waals surface area contributed by atoms with E-state index in [2.05, 4.69) is 5.32 Å². The number of benzene rings is 2. The molecule has 1 N–H and O–H groups in total. The Morgan fingerprint density at radius 2 is 1.48 bits per heavy atom. The van der Waals surface area contributed by atoms with Gasteiger partial charge in [-0.3, -0.25) is 9.59 Å².